The lowest BCUT2D eigenvalue weighted by Crippen LogP contribution is -2.29. The summed E-state index contributed by atoms with van der Waals surface area (Å²) >= 11 is 2.78. The summed E-state index contributed by atoms with van der Waals surface area (Å²) < 4.78 is 6.50. The summed E-state index contributed by atoms with van der Waals surface area (Å²) in [5.74, 6) is 0.0881. The van der Waals surface area contributed by atoms with Crippen molar-refractivity contribution in [2.24, 2.45) is 0 Å². The summed E-state index contributed by atoms with van der Waals surface area (Å²) in [7, 11) is 0. The number of anilines is 1. The Balaban J connectivity index is 1.40. The van der Waals surface area contributed by atoms with Gasteiger partial charge in [-0.3, -0.25) is 14.5 Å². The van der Waals surface area contributed by atoms with Gasteiger partial charge in [0.05, 0.1) is 11.6 Å². The number of aliphatic hydroxyl groups is 1. The number of nitrogens with zero attached hydrogens (tertiary/aromatic N) is 3. The maximum atomic E-state index is 13.6. The molecule has 6 rings (SSSR count). The Morgan fingerprint density at radius 3 is 2.56 bits per heavy atom. The van der Waals surface area contributed by atoms with Crippen LogP contribution in [0.5, 0.6) is 5.75 Å². The van der Waals surface area contributed by atoms with Gasteiger partial charge >= 0.3 is 5.91 Å². The molecule has 1 fully saturated rings. The SMILES string of the molecule is CC(C)c1ccc([C@H]2/C(=C(\O)c3ccc4c(c3)C[C@H](C)O4)C(=O)C(=O)N2c2nnc(SCc3ccccc3)s2)cc1. The van der Waals surface area contributed by atoms with Gasteiger partial charge in [0.1, 0.15) is 17.6 Å². The molecule has 3 heterocycles. The van der Waals surface area contributed by atoms with E-state index in [0.717, 1.165) is 22.4 Å². The zero-order chi connectivity index (χ0) is 28.7. The molecular formula is C32H29N3O4S2. The predicted molar refractivity (Wildman–Crippen MR) is 161 cm³/mol. The second-order valence-corrected chi connectivity index (χ2v) is 12.7. The minimum atomic E-state index is -0.848. The molecule has 2 aliphatic rings. The number of ether oxygens (including phenoxy) is 1. The van der Waals surface area contributed by atoms with Crippen molar-refractivity contribution in [1.29, 1.82) is 0 Å². The number of hydrogen-bond acceptors (Lipinski definition) is 8. The van der Waals surface area contributed by atoms with Gasteiger partial charge in [0.15, 0.2) is 4.34 Å². The van der Waals surface area contributed by atoms with E-state index < -0.39 is 17.7 Å². The Labute approximate surface area is 246 Å². The van der Waals surface area contributed by atoms with Crippen LogP contribution in [0, 0.1) is 0 Å². The lowest BCUT2D eigenvalue weighted by atomic mass is 9.93. The number of amides is 1. The third-order valence-electron chi connectivity index (χ3n) is 7.34. The second-order valence-electron chi connectivity index (χ2n) is 10.6. The molecule has 41 heavy (non-hydrogen) atoms. The van der Waals surface area contributed by atoms with E-state index in [9.17, 15) is 14.7 Å². The van der Waals surface area contributed by atoms with Crippen LogP contribution in [-0.2, 0) is 21.8 Å². The Hall–Kier alpha value is -3.95. The molecule has 0 unspecified atom stereocenters. The Morgan fingerprint density at radius 2 is 1.83 bits per heavy atom. The lowest BCUT2D eigenvalue weighted by Gasteiger charge is -2.23. The van der Waals surface area contributed by atoms with E-state index in [4.69, 9.17) is 4.74 Å². The van der Waals surface area contributed by atoms with E-state index in [0.29, 0.717) is 38.7 Å². The lowest BCUT2D eigenvalue weighted by molar-refractivity contribution is -0.132. The van der Waals surface area contributed by atoms with Crippen molar-refractivity contribution in [3.63, 3.8) is 0 Å². The fourth-order valence-corrected chi connectivity index (χ4v) is 7.03. The summed E-state index contributed by atoms with van der Waals surface area (Å²) in [6.07, 6.45) is 0.748. The molecule has 0 bridgehead atoms. The molecular weight excluding hydrogens is 555 g/mol. The number of carbonyl (C=O) groups is 2. The van der Waals surface area contributed by atoms with Crippen LogP contribution in [0.15, 0.2) is 82.7 Å². The average Bonchev–Trinajstić information content (AvgIpc) is 3.67. The fraction of sp³-hybridized carbons (Fsp3) is 0.250. The van der Waals surface area contributed by atoms with Crippen LogP contribution < -0.4 is 9.64 Å². The molecule has 1 saturated heterocycles. The van der Waals surface area contributed by atoms with Crippen molar-refractivity contribution in [3.05, 3.63) is 106 Å². The van der Waals surface area contributed by atoms with Crippen LogP contribution in [-0.4, -0.2) is 33.1 Å². The number of carbonyl (C=O) groups excluding carboxylic acids is 2. The third-order valence-corrected chi connectivity index (χ3v) is 9.47. The minimum absolute atomic E-state index is 0.0351. The van der Waals surface area contributed by atoms with Crippen molar-refractivity contribution in [2.45, 2.75) is 55.3 Å². The number of ketones is 1. The number of hydrogen-bond donors (Lipinski definition) is 1. The zero-order valence-corrected chi connectivity index (χ0v) is 24.5. The second kappa shape index (κ2) is 11.1. The summed E-state index contributed by atoms with van der Waals surface area (Å²) in [5, 5.41) is 20.5. The first kappa shape index (κ1) is 27.2. The maximum absolute atomic E-state index is 13.6. The molecule has 2 atom stereocenters. The van der Waals surface area contributed by atoms with E-state index in [-0.39, 0.29) is 17.4 Å². The molecule has 9 heteroatoms. The summed E-state index contributed by atoms with van der Waals surface area (Å²) in [4.78, 5) is 28.5. The van der Waals surface area contributed by atoms with Crippen LogP contribution in [0.4, 0.5) is 5.13 Å². The van der Waals surface area contributed by atoms with Gasteiger partial charge < -0.3 is 9.84 Å². The topological polar surface area (TPSA) is 92.6 Å². The van der Waals surface area contributed by atoms with Crippen LogP contribution in [0.2, 0.25) is 0 Å². The third kappa shape index (κ3) is 5.27. The molecule has 0 spiro atoms. The summed E-state index contributed by atoms with van der Waals surface area (Å²) in [6.45, 7) is 6.20. The molecule has 1 N–H and O–H groups in total. The van der Waals surface area contributed by atoms with Gasteiger partial charge in [0, 0.05) is 17.7 Å². The van der Waals surface area contributed by atoms with Crippen molar-refractivity contribution in [1.82, 2.24) is 10.2 Å². The molecule has 7 nitrogen and oxygen atoms in total. The van der Waals surface area contributed by atoms with Crippen molar-refractivity contribution >= 4 is 45.7 Å². The Kier molecular flexibility index (Phi) is 7.40. The summed E-state index contributed by atoms with van der Waals surface area (Å²) in [6, 6.07) is 22.4. The van der Waals surface area contributed by atoms with Gasteiger partial charge in [0.2, 0.25) is 5.13 Å². The van der Waals surface area contributed by atoms with Crippen LogP contribution in [0.25, 0.3) is 5.76 Å². The normalized spacial score (nSPS) is 19.6. The molecule has 4 aromatic rings. The molecule has 1 amide bonds. The predicted octanol–water partition coefficient (Wildman–Crippen LogP) is 6.90. The Bertz CT molecular complexity index is 1650. The van der Waals surface area contributed by atoms with Crippen molar-refractivity contribution in [2.75, 3.05) is 4.90 Å². The molecule has 208 valence electrons. The van der Waals surface area contributed by atoms with Gasteiger partial charge in [-0.25, -0.2) is 0 Å². The van der Waals surface area contributed by atoms with Crippen LogP contribution in [0.3, 0.4) is 0 Å². The van der Waals surface area contributed by atoms with E-state index in [1.807, 2.05) is 67.6 Å². The molecule has 0 saturated carbocycles. The smallest absolute Gasteiger partial charge is 0.301 e. The monoisotopic (exact) mass is 583 g/mol. The zero-order valence-electron chi connectivity index (χ0n) is 22.9. The molecule has 1 aromatic heterocycles. The van der Waals surface area contributed by atoms with Gasteiger partial charge in [-0.1, -0.05) is 91.5 Å². The largest absolute Gasteiger partial charge is 0.507 e. The summed E-state index contributed by atoms with van der Waals surface area (Å²) in [5.41, 5.74) is 4.45. The number of rotatable bonds is 7. The van der Waals surface area contributed by atoms with Gasteiger partial charge in [-0.05, 0) is 53.3 Å². The van der Waals surface area contributed by atoms with E-state index in [1.54, 1.807) is 12.1 Å². The first-order chi connectivity index (χ1) is 19.8. The molecule has 0 radical (unpaired) electrons. The van der Waals surface area contributed by atoms with E-state index >= 15 is 0 Å². The number of thioether (sulfide) groups is 1. The number of benzene rings is 3. The highest BCUT2D eigenvalue weighted by atomic mass is 32.2. The number of fused-ring (bicyclic) bond motifs is 1. The van der Waals surface area contributed by atoms with E-state index in [1.165, 1.54) is 28.0 Å². The van der Waals surface area contributed by atoms with E-state index in [2.05, 4.69) is 24.0 Å². The van der Waals surface area contributed by atoms with Crippen LogP contribution in [0.1, 0.15) is 60.5 Å². The highest BCUT2D eigenvalue weighted by molar-refractivity contribution is 8.00. The molecule has 0 aliphatic carbocycles. The highest BCUT2D eigenvalue weighted by Crippen LogP contribution is 2.44. The maximum Gasteiger partial charge on any atom is 0.301 e. The van der Waals surface area contributed by atoms with Gasteiger partial charge in [0.25, 0.3) is 5.78 Å². The van der Waals surface area contributed by atoms with Crippen molar-refractivity contribution < 1.29 is 19.4 Å². The minimum Gasteiger partial charge on any atom is -0.507 e. The standard InChI is InChI=1S/C32H29N3O4S2/c1-18(2)21-9-11-22(12-10-21)27-26(28(36)23-13-14-25-24(16-23)15-19(3)39-25)29(37)30(38)35(27)31-33-34-32(41-31)40-17-20-7-5-4-6-8-20/h4-14,16,18-19,27,36H,15,17H2,1-3H3/b28-26+/t19-,27-/m0/s1. The van der Waals surface area contributed by atoms with Gasteiger partial charge in [-0.2, -0.15) is 0 Å². The number of aromatic nitrogens is 2. The van der Waals surface area contributed by atoms with Gasteiger partial charge in [-0.15, -0.1) is 10.2 Å². The molecule has 3 aromatic carbocycles. The van der Waals surface area contributed by atoms with Crippen molar-refractivity contribution in [3.8, 4) is 5.75 Å². The first-order valence-corrected chi connectivity index (χ1v) is 15.3. The highest BCUT2D eigenvalue weighted by Gasteiger charge is 2.48. The number of aliphatic hydroxyl groups excluding tert-OH is 1. The fourth-order valence-electron chi connectivity index (χ4n) is 5.21. The average molecular weight is 584 g/mol. The Morgan fingerprint density at radius 1 is 1.07 bits per heavy atom. The number of Topliss-reactive ketones (excluding diaryl/α,β-unsaturated/α-hetero) is 1. The van der Waals surface area contributed by atoms with Crippen LogP contribution >= 0.6 is 23.1 Å². The first-order valence-electron chi connectivity index (χ1n) is 13.5. The quantitative estimate of drug-likeness (QED) is 0.0831. The molecule has 2 aliphatic heterocycles.